The Morgan fingerprint density at radius 3 is 2.30 bits per heavy atom. The van der Waals surface area contributed by atoms with E-state index in [0.29, 0.717) is 17.3 Å². The van der Waals surface area contributed by atoms with Crippen molar-refractivity contribution in [3.63, 3.8) is 0 Å². The molecule has 10 heteroatoms. The Morgan fingerprint density at radius 2 is 1.87 bits per heavy atom. The van der Waals surface area contributed by atoms with Gasteiger partial charge in [-0.2, -0.15) is 4.99 Å². The number of carboxylic acids is 2. The molecule has 23 heavy (non-hydrogen) atoms. The van der Waals surface area contributed by atoms with Gasteiger partial charge in [0.2, 0.25) is 5.13 Å². The number of nitrogens with two attached hydrogens (primary N) is 2. The second kappa shape index (κ2) is 8.34. The van der Waals surface area contributed by atoms with E-state index in [2.05, 4.69) is 15.0 Å². The van der Waals surface area contributed by atoms with Gasteiger partial charge in [-0.1, -0.05) is 0 Å². The number of H-pyrrole nitrogens is 1. The number of aliphatic imine (C=N–C) groups is 1. The van der Waals surface area contributed by atoms with Crippen molar-refractivity contribution in [2.24, 2.45) is 16.5 Å². The molecule has 0 spiro atoms. The first kappa shape index (κ1) is 17.9. The summed E-state index contributed by atoms with van der Waals surface area (Å²) in [6.45, 7) is 1.99. The molecule has 122 valence electrons. The number of carboxylic acid groups (broad SMARTS) is 2. The molecule has 0 aliphatic heterocycles. The number of guanidine groups is 1. The number of rotatable bonds is 4. The van der Waals surface area contributed by atoms with Crippen molar-refractivity contribution in [1.82, 2.24) is 9.97 Å². The largest absolute Gasteiger partial charge is 0.478 e. The van der Waals surface area contributed by atoms with Crippen LogP contribution >= 0.6 is 11.3 Å². The number of thiazole rings is 1. The summed E-state index contributed by atoms with van der Waals surface area (Å²) in [5, 5.41) is 18.1. The zero-order valence-electron chi connectivity index (χ0n) is 12.1. The first-order valence-electron chi connectivity index (χ1n) is 6.13. The first-order chi connectivity index (χ1) is 10.8. The second-order valence-electron chi connectivity index (χ2n) is 4.12. The normalized spacial score (nSPS) is 9.96. The van der Waals surface area contributed by atoms with Gasteiger partial charge in [-0.05, 0) is 19.1 Å². The summed E-state index contributed by atoms with van der Waals surface area (Å²) in [4.78, 5) is 30.5. The highest BCUT2D eigenvalue weighted by Gasteiger charge is 2.05. The second-order valence-corrected chi connectivity index (χ2v) is 4.95. The zero-order valence-corrected chi connectivity index (χ0v) is 12.9. The highest BCUT2D eigenvalue weighted by Crippen LogP contribution is 2.25. The first-order valence-corrected chi connectivity index (χ1v) is 7.01. The van der Waals surface area contributed by atoms with E-state index in [0.717, 1.165) is 17.1 Å². The number of carbonyl (C=O) groups is 2. The van der Waals surface area contributed by atoms with Gasteiger partial charge < -0.3 is 26.7 Å². The van der Waals surface area contributed by atoms with Crippen molar-refractivity contribution in [2.75, 3.05) is 0 Å². The molecule has 0 atom stereocenters. The van der Waals surface area contributed by atoms with Gasteiger partial charge in [0.25, 0.3) is 0 Å². The van der Waals surface area contributed by atoms with E-state index < -0.39 is 11.9 Å². The van der Waals surface area contributed by atoms with Crippen LogP contribution in [-0.2, 0) is 9.59 Å². The molecular formula is C13H15N5O4S. The van der Waals surface area contributed by atoms with E-state index in [1.165, 1.54) is 11.3 Å². The van der Waals surface area contributed by atoms with E-state index in [1.807, 2.05) is 24.4 Å². The smallest absolute Gasteiger partial charge is 0.328 e. The number of aryl methyl sites for hydroxylation is 1. The van der Waals surface area contributed by atoms with Crippen LogP contribution in [0.25, 0.3) is 11.4 Å². The lowest BCUT2D eigenvalue weighted by molar-refractivity contribution is -0.134. The predicted octanol–water partition coefficient (Wildman–Crippen LogP) is 1.06. The van der Waals surface area contributed by atoms with Crippen molar-refractivity contribution < 1.29 is 19.8 Å². The summed E-state index contributed by atoms with van der Waals surface area (Å²) in [6, 6.07) is 3.97. The third kappa shape index (κ3) is 6.91. The number of hydrogen-bond donors (Lipinski definition) is 5. The highest BCUT2D eigenvalue weighted by atomic mass is 32.1. The molecule has 2 aromatic heterocycles. The van der Waals surface area contributed by atoms with Gasteiger partial charge in [-0.25, -0.2) is 14.6 Å². The van der Waals surface area contributed by atoms with E-state index in [1.54, 1.807) is 0 Å². The summed E-state index contributed by atoms with van der Waals surface area (Å²) in [5.41, 5.74) is 13.5. The zero-order chi connectivity index (χ0) is 17.4. The Hall–Kier alpha value is -3.14. The van der Waals surface area contributed by atoms with Crippen molar-refractivity contribution in [1.29, 1.82) is 0 Å². The Kier molecular flexibility index (Phi) is 6.49. The van der Waals surface area contributed by atoms with Gasteiger partial charge in [-0.3, -0.25) is 0 Å². The third-order valence-electron chi connectivity index (χ3n) is 2.19. The molecule has 0 unspecified atom stereocenters. The van der Waals surface area contributed by atoms with Crippen LogP contribution in [0.1, 0.15) is 5.69 Å². The average Bonchev–Trinajstić information content (AvgIpc) is 3.05. The summed E-state index contributed by atoms with van der Waals surface area (Å²) < 4.78 is 0. The fourth-order valence-corrected chi connectivity index (χ4v) is 2.05. The summed E-state index contributed by atoms with van der Waals surface area (Å²) in [7, 11) is 0. The maximum absolute atomic E-state index is 9.55. The van der Waals surface area contributed by atoms with E-state index in [-0.39, 0.29) is 5.96 Å². The maximum Gasteiger partial charge on any atom is 0.328 e. The molecule has 7 N–H and O–H groups in total. The molecule has 0 saturated heterocycles. The fourth-order valence-electron chi connectivity index (χ4n) is 1.35. The lowest BCUT2D eigenvalue weighted by atomic mass is 10.3. The summed E-state index contributed by atoms with van der Waals surface area (Å²) in [6.07, 6.45) is 1.12. The molecule has 0 aliphatic rings. The number of nitrogens with one attached hydrogen (secondary N) is 1. The van der Waals surface area contributed by atoms with Gasteiger partial charge in [0.1, 0.15) is 0 Å². The standard InChI is InChI=1S/C9H11N5S.C4H4O4/c1-5-2-3-6(12-5)7-4-15-9(13-7)14-8(10)11;5-3(6)1-2-4(7)8/h2-4,12H,1H3,(H4,10,11,13,14);1-2H,(H,5,6)(H,7,8)/b;2-1-. The molecule has 9 nitrogen and oxygen atoms in total. The molecule has 0 fully saturated rings. The minimum Gasteiger partial charge on any atom is -0.478 e. The number of aliphatic carboxylic acids is 2. The van der Waals surface area contributed by atoms with Crippen molar-refractivity contribution >= 4 is 34.4 Å². The molecule has 0 aliphatic carbocycles. The van der Waals surface area contributed by atoms with E-state index in [9.17, 15) is 9.59 Å². The number of aromatic amines is 1. The molecule has 0 bridgehead atoms. The summed E-state index contributed by atoms with van der Waals surface area (Å²) >= 11 is 1.40. The minimum atomic E-state index is -1.26. The molecular weight excluding hydrogens is 322 g/mol. The topological polar surface area (TPSA) is 168 Å². The molecule has 0 amide bonds. The minimum absolute atomic E-state index is 0.0265. The number of aromatic nitrogens is 2. The van der Waals surface area contributed by atoms with Crippen LogP contribution in [0.5, 0.6) is 0 Å². The van der Waals surface area contributed by atoms with E-state index in [4.69, 9.17) is 21.7 Å². The van der Waals surface area contributed by atoms with Crippen LogP contribution in [0.3, 0.4) is 0 Å². The van der Waals surface area contributed by atoms with Crippen LogP contribution in [0, 0.1) is 6.92 Å². The van der Waals surface area contributed by atoms with Crippen LogP contribution in [-0.4, -0.2) is 38.1 Å². The third-order valence-corrected chi connectivity index (χ3v) is 2.93. The molecule has 0 saturated carbocycles. The number of nitrogens with zero attached hydrogens (tertiary/aromatic N) is 2. The van der Waals surface area contributed by atoms with Crippen molar-refractivity contribution in [3.05, 3.63) is 35.4 Å². The predicted molar refractivity (Wildman–Crippen MR) is 86.5 cm³/mol. The van der Waals surface area contributed by atoms with Crippen LogP contribution in [0.4, 0.5) is 5.13 Å². The van der Waals surface area contributed by atoms with Crippen LogP contribution in [0.2, 0.25) is 0 Å². The molecule has 0 radical (unpaired) electrons. The SMILES string of the molecule is Cc1ccc(-c2csc(N=C(N)N)n2)[nH]1.O=C(O)/C=C\C(=O)O. The monoisotopic (exact) mass is 337 g/mol. The number of hydrogen-bond acceptors (Lipinski definition) is 5. The average molecular weight is 337 g/mol. The molecule has 2 aromatic rings. The highest BCUT2D eigenvalue weighted by molar-refractivity contribution is 7.13. The van der Waals surface area contributed by atoms with Gasteiger partial charge in [0.05, 0.1) is 11.4 Å². The Morgan fingerprint density at radius 1 is 1.26 bits per heavy atom. The van der Waals surface area contributed by atoms with Crippen LogP contribution < -0.4 is 11.5 Å². The lowest BCUT2D eigenvalue weighted by Gasteiger charge is -1.89. The van der Waals surface area contributed by atoms with Crippen molar-refractivity contribution in [2.45, 2.75) is 6.92 Å². The molecule has 2 heterocycles. The Labute approximate surface area is 135 Å². The molecule has 0 aromatic carbocycles. The van der Waals surface area contributed by atoms with Gasteiger partial charge in [0, 0.05) is 23.2 Å². The molecule has 2 rings (SSSR count). The fraction of sp³-hybridized carbons (Fsp3) is 0.0769. The van der Waals surface area contributed by atoms with Gasteiger partial charge >= 0.3 is 11.9 Å². The van der Waals surface area contributed by atoms with Gasteiger partial charge in [0.15, 0.2) is 5.96 Å². The van der Waals surface area contributed by atoms with E-state index >= 15 is 0 Å². The van der Waals surface area contributed by atoms with Crippen LogP contribution in [0.15, 0.2) is 34.7 Å². The Balaban J connectivity index is 0.000000284. The van der Waals surface area contributed by atoms with Gasteiger partial charge in [-0.15, -0.1) is 11.3 Å². The Bertz CT molecular complexity index is 727. The summed E-state index contributed by atoms with van der Waals surface area (Å²) in [5.74, 6) is -2.49. The lowest BCUT2D eigenvalue weighted by Crippen LogP contribution is -2.21. The van der Waals surface area contributed by atoms with Crippen molar-refractivity contribution in [3.8, 4) is 11.4 Å². The maximum atomic E-state index is 9.55. The quantitative estimate of drug-likeness (QED) is 0.316.